The Hall–Kier alpha value is -2.14. The summed E-state index contributed by atoms with van der Waals surface area (Å²) in [5.74, 6) is -0.100. The maximum atomic E-state index is 12.1. The van der Waals surface area contributed by atoms with Gasteiger partial charge < -0.3 is 5.32 Å². The van der Waals surface area contributed by atoms with Gasteiger partial charge in [-0.15, -0.1) is 0 Å². The quantitative estimate of drug-likeness (QED) is 0.599. The lowest BCUT2D eigenvalue weighted by Crippen LogP contribution is -2.49. The number of hydrogen-bond acceptors (Lipinski definition) is 2. The molecule has 0 unspecified atom stereocenters. The number of thiocarbonyl (C=S) groups is 1. The van der Waals surface area contributed by atoms with E-state index in [1.54, 1.807) is 0 Å². The van der Waals surface area contributed by atoms with Crippen molar-refractivity contribution in [1.29, 1.82) is 0 Å². The molecule has 0 radical (unpaired) electrons. The Balaban J connectivity index is 1.53. The lowest BCUT2D eigenvalue weighted by Gasteiger charge is -2.16. The monoisotopic (exact) mass is 327 g/mol. The van der Waals surface area contributed by atoms with Crippen molar-refractivity contribution in [2.45, 2.75) is 38.1 Å². The van der Waals surface area contributed by atoms with Gasteiger partial charge in [-0.05, 0) is 41.4 Å². The largest absolute Gasteiger partial charge is 0.359 e. The van der Waals surface area contributed by atoms with Gasteiger partial charge in [0.25, 0.3) is 0 Å². The standard InChI is InChI=1S/C18H21N3OS/c22-17(20-21-18(23)19-15-9-2-3-10-15)12-14-8-5-7-13-6-1-4-11-16(13)14/h1,4-8,11,15H,2-3,9-10,12H2,(H,20,22)(H2,19,21,23). The van der Waals surface area contributed by atoms with Crippen LogP contribution in [-0.4, -0.2) is 17.1 Å². The topological polar surface area (TPSA) is 53.2 Å². The van der Waals surface area contributed by atoms with Gasteiger partial charge in [0, 0.05) is 6.04 Å². The Morgan fingerprint density at radius 1 is 1.04 bits per heavy atom. The summed E-state index contributed by atoms with van der Waals surface area (Å²) in [6.07, 6.45) is 5.10. The molecular formula is C18H21N3OS. The van der Waals surface area contributed by atoms with Crippen molar-refractivity contribution < 1.29 is 4.79 Å². The Morgan fingerprint density at radius 3 is 2.61 bits per heavy atom. The number of amides is 1. The third-order valence-electron chi connectivity index (χ3n) is 4.24. The van der Waals surface area contributed by atoms with Crippen LogP contribution in [0.25, 0.3) is 10.8 Å². The summed E-state index contributed by atoms with van der Waals surface area (Å²) in [5, 5.41) is 5.97. The second-order valence-electron chi connectivity index (χ2n) is 5.94. The van der Waals surface area contributed by atoms with Crippen LogP contribution in [0.1, 0.15) is 31.2 Å². The Morgan fingerprint density at radius 2 is 1.78 bits per heavy atom. The van der Waals surface area contributed by atoms with Crippen molar-refractivity contribution in [1.82, 2.24) is 16.2 Å². The zero-order valence-corrected chi connectivity index (χ0v) is 13.8. The fourth-order valence-electron chi connectivity index (χ4n) is 3.08. The first-order valence-corrected chi connectivity index (χ1v) is 8.45. The SMILES string of the molecule is O=C(Cc1cccc2ccccc12)NNC(=S)NC1CCCC1. The minimum absolute atomic E-state index is 0.100. The molecule has 0 spiro atoms. The van der Waals surface area contributed by atoms with Crippen LogP contribution in [0, 0.1) is 0 Å². The predicted molar refractivity (Wildman–Crippen MR) is 96.9 cm³/mol. The van der Waals surface area contributed by atoms with Crippen molar-refractivity contribution in [2.75, 3.05) is 0 Å². The molecule has 1 amide bonds. The van der Waals surface area contributed by atoms with Gasteiger partial charge in [0.05, 0.1) is 6.42 Å². The van der Waals surface area contributed by atoms with Crippen LogP contribution in [0.3, 0.4) is 0 Å². The van der Waals surface area contributed by atoms with E-state index in [2.05, 4.69) is 28.3 Å². The first-order chi connectivity index (χ1) is 11.2. The van der Waals surface area contributed by atoms with E-state index in [4.69, 9.17) is 12.2 Å². The minimum atomic E-state index is -0.100. The number of fused-ring (bicyclic) bond motifs is 1. The van der Waals surface area contributed by atoms with E-state index < -0.39 is 0 Å². The molecule has 2 aromatic rings. The van der Waals surface area contributed by atoms with Gasteiger partial charge >= 0.3 is 0 Å². The molecule has 0 heterocycles. The second-order valence-corrected chi connectivity index (χ2v) is 6.35. The number of rotatable bonds is 3. The summed E-state index contributed by atoms with van der Waals surface area (Å²) >= 11 is 5.21. The molecular weight excluding hydrogens is 306 g/mol. The highest BCUT2D eigenvalue weighted by atomic mass is 32.1. The molecule has 0 saturated heterocycles. The molecule has 0 bridgehead atoms. The van der Waals surface area contributed by atoms with Crippen LogP contribution in [0.2, 0.25) is 0 Å². The summed E-state index contributed by atoms with van der Waals surface area (Å²) < 4.78 is 0. The van der Waals surface area contributed by atoms with Gasteiger partial charge in [0.1, 0.15) is 0 Å². The fraction of sp³-hybridized carbons (Fsp3) is 0.333. The molecule has 23 heavy (non-hydrogen) atoms. The minimum Gasteiger partial charge on any atom is -0.359 e. The molecule has 1 aliphatic carbocycles. The second kappa shape index (κ2) is 7.42. The van der Waals surface area contributed by atoms with Crippen LogP contribution >= 0.6 is 12.2 Å². The molecule has 0 atom stereocenters. The zero-order valence-electron chi connectivity index (χ0n) is 13.0. The summed E-state index contributed by atoms with van der Waals surface area (Å²) in [6, 6.07) is 14.5. The molecule has 3 rings (SSSR count). The average Bonchev–Trinajstić information content (AvgIpc) is 3.06. The van der Waals surface area contributed by atoms with Gasteiger partial charge in [-0.3, -0.25) is 15.6 Å². The van der Waals surface area contributed by atoms with Gasteiger partial charge in [-0.2, -0.15) is 0 Å². The summed E-state index contributed by atoms with van der Waals surface area (Å²) in [4.78, 5) is 12.1. The van der Waals surface area contributed by atoms with Crippen LogP contribution in [0.15, 0.2) is 42.5 Å². The van der Waals surface area contributed by atoms with E-state index in [0.717, 1.165) is 29.2 Å². The van der Waals surface area contributed by atoms with E-state index in [0.29, 0.717) is 17.6 Å². The summed E-state index contributed by atoms with van der Waals surface area (Å²) in [5.41, 5.74) is 6.49. The number of carbonyl (C=O) groups excluding carboxylic acids is 1. The van der Waals surface area contributed by atoms with E-state index in [1.807, 2.05) is 30.3 Å². The number of hydrogen-bond donors (Lipinski definition) is 3. The first-order valence-electron chi connectivity index (χ1n) is 8.04. The molecule has 3 N–H and O–H groups in total. The highest BCUT2D eigenvalue weighted by molar-refractivity contribution is 7.80. The normalized spacial score (nSPS) is 14.6. The van der Waals surface area contributed by atoms with E-state index >= 15 is 0 Å². The maximum Gasteiger partial charge on any atom is 0.242 e. The first kappa shape index (κ1) is 15.7. The molecule has 1 saturated carbocycles. The smallest absolute Gasteiger partial charge is 0.242 e. The molecule has 4 nitrogen and oxygen atoms in total. The lowest BCUT2D eigenvalue weighted by atomic mass is 10.0. The molecule has 2 aromatic carbocycles. The number of hydrazine groups is 1. The zero-order chi connectivity index (χ0) is 16.1. The number of benzene rings is 2. The Labute approximate surface area is 141 Å². The van der Waals surface area contributed by atoms with Crippen molar-refractivity contribution >= 4 is 34.0 Å². The highest BCUT2D eigenvalue weighted by Gasteiger charge is 2.15. The number of carbonyl (C=O) groups is 1. The molecule has 1 fully saturated rings. The third-order valence-corrected chi connectivity index (χ3v) is 4.46. The van der Waals surface area contributed by atoms with Crippen molar-refractivity contribution in [3.05, 3.63) is 48.0 Å². The van der Waals surface area contributed by atoms with Crippen LogP contribution in [-0.2, 0) is 11.2 Å². The van der Waals surface area contributed by atoms with Crippen molar-refractivity contribution in [2.24, 2.45) is 0 Å². The average molecular weight is 327 g/mol. The summed E-state index contributed by atoms with van der Waals surface area (Å²) in [6.45, 7) is 0. The van der Waals surface area contributed by atoms with Gasteiger partial charge in [-0.25, -0.2) is 0 Å². The molecule has 1 aliphatic rings. The van der Waals surface area contributed by atoms with Crippen molar-refractivity contribution in [3.8, 4) is 0 Å². The maximum absolute atomic E-state index is 12.1. The predicted octanol–water partition coefficient (Wildman–Crippen LogP) is 2.82. The van der Waals surface area contributed by atoms with E-state index in [1.165, 1.54) is 12.8 Å². The number of nitrogens with one attached hydrogen (secondary N) is 3. The van der Waals surface area contributed by atoms with E-state index in [9.17, 15) is 4.79 Å². The molecule has 0 aliphatic heterocycles. The van der Waals surface area contributed by atoms with Crippen LogP contribution in [0.4, 0.5) is 0 Å². The third kappa shape index (κ3) is 4.20. The van der Waals surface area contributed by atoms with Crippen molar-refractivity contribution in [3.63, 3.8) is 0 Å². The lowest BCUT2D eigenvalue weighted by molar-refractivity contribution is -0.120. The Kier molecular flexibility index (Phi) is 5.08. The summed E-state index contributed by atoms with van der Waals surface area (Å²) in [7, 11) is 0. The van der Waals surface area contributed by atoms with Gasteiger partial charge in [-0.1, -0.05) is 55.3 Å². The Bertz CT molecular complexity index is 705. The molecule has 0 aromatic heterocycles. The highest BCUT2D eigenvalue weighted by Crippen LogP contribution is 2.19. The molecule has 120 valence electrons. The molecule has 5 heteroatoms. The van der Waals surface area contributed by atoms with Gasteiger partial charge in [0.15, 0.2) is 5.11 Å². The van der Waals surface area contributed by atoms with Crippen LogP contribution < -0.4 is 16.2 Å². The van der Waals surface area contributed by atoms with E-state index in [-0.39, 0.29) is 5.91 Å². The van der Waals surface area contributed by atoms with Gasteiger partial charge in [0.2, 0.25) is 5.91 Å². The fourth-order valence-corrected chi connectivity index (χ4v) is 3.30. The van der Waals surface area contributed by atoms with Crippen LogP contribution in [0.5, 0.6) is 0 Å².